The third-order valence-electron chi connectivity index (χ3n) is 5.22. The molecule has 0 bridgehead atoms. The molecule has 2 heterocycles. The van der Waals surface area contributed by atoms with Gasteiger partial charge in [-0.3, -0.25) is 19.4 Å². The molecule has 1 atom stereocenters. The van der Waals surface area contributed by atoms with Gasteiger partial charge in [0, 0.05) is 66.4 Å². The van der Waals surface area contributed by atoms with Crippen molar-refractivity contribution in [1.82, 2.24) is 25.0 Å². The zero-order chi connectivity index (χ0) is 21.0. The second kappa shape index (κ2) is 9.71. The topological polar surface area (TPSA) is 91.9 Å². The van der Waals surface area contributed by atoms with E-state index < -0.39 is 12.0 Å². The summed E-state index contributed by atoms with van der Waals surface area (Å²) in [5.74, 6) is -0.846. The van der Waals surface area contributed by atoms with Crippen LogP contribution in [0.5, 0.6) is 0 Å². The minimum Gasteiger partial charge on any atom is -0.480 e. The molecule has 158 valence electrons. The molecule has 29 heavy (non-hydrogen) atoms. The Morgan fingerprint density at radius 2 is 2.00 bits per heavy atom. The summed E-state index contributed by atoms with van der Waals surface area (Å²) in [6.45, 7) is 4.32. The molecule has 1 aliphatic rings. The van der Waals surface area contributed by atoms with Crippen LogP contribution >= 0.6 is 15.9 Å². The van der Waals surface area contributed by atoms with Crippen molar-refractivity contribution < 1.29 is 14.7 Å². The Labute approximate surface area is 179 Å². The second-order valence-electron chi connectivity index (χ2n) is 7.64. The number of hydrogen-bond acceptors (Lipinski definition) is 5. The average Bonchev–Trinajstić information content (AvgIpc) is 3.05. The number of H-pyrrole nitrogens is 1. The number of benzene rings is 1. The van der Waals surface area contributed by atoms with Gasteiger partial charge in [0.25, 0.3) is 0 Å². The molecule has 1 amide bonds. The van der Waals surface area contributed by atoms with Gasteiger partial charge in [-0.1, -0.05) is 22.0 Å². The largest absolute Gasteiger partial charge is 0.480 e. The van der Waals surface area contributed by atoms with E-state index in [4.69, 9.17) is 0 Å². The zero-order valence-corrected chi connectivity index (χ0v) is 18.4. The number of piperazine rings is 1. The lowest BCUT2D eigenvalue weighted by molar-refractivity contribution is -0.144. The Kier molecular flexibility index (Phi) is 7.28. The monoisotopic (exact) mass is 465 g/mol. The molecular formula is C20H28BrN5O3. The zero-order valence-electron chi connectivity index (χ0n) is 16.8. The Morgan fingerprint density at radius 3 is 2.66 bits per heavy atom. The lowest BCUT2D eigenvalue weighted by atomic mass is 10.0. The first-order valence-corrected chi connectivity index (χ1v) is 10.5. The van der Waals surface area contributed by atoms with Gasteiger partial charge in [0.1, 0.15) is 6.04 Å². The van der Waals surface area contributed by atoms with Crippen LogP contribution in [0.15, 0.2) is 28.9 Å². The van der Waals surface area contributed by atoms with Gasteiger partial charge < -0.3 is 20.3 Å². The highest BCUT2D eigenvalue weighted by atomic mass is 79.9. The smallest absolute Gasteiger partial charge is 0.325 e. The standard InChI is InChI=1S/C20H28BrN5O3/c1-24(2)6-5-22-18(27)13-25-7-9-26(10-8-25)19(20(28)29)16-12-23-17-11-14(21)3-4-15(16)17/h3-4,11-12,19,23H,5-10,13H2,1-2H3,(H,22,27)(H,28,29)/t19-/m0/s1. The number of aromatic nitrogens is 1. The number of carbonyl (C=O) groups excluding carboxylic acids is 1. The first-order valence-electron chi connectivity index (χ1n) is 9.72. The predicted octanol–water partition coefficient (Wildman–Crippen LogP) is 1.35. The van der Waals surface area contributed by atoms with Crippen LogP contribution in [-0.4, -0.2) is 96.6 Å². The average molecular weight is 466 g/mol. The summed E-state index contributed by atoms with van der Waals surface area (Å²) in [7, 11) is 3.94. The number of nitrogens with one attached hydrogen (secondary N) is 2. The molecule has 3 N–H and O–H groups in total. The number of fused-ring (bicyclic) bond motifs is 1. The molecule has 1 fully saturated rings. The van der Waals surface area contributed by atoms with Gasteiger partial charge in [-0.15, -0.1) is 0 Å². The van der Waals surface area contributed by atoms with Crippen LogP contribution in [-0.2, 0) is 9.59 Å². The first-order chi connectivity index (χ1) is 13.8. The normalized spacial score (nSPS) is 17.0. The van der Waals surface area contributed by atoms with Gasteiger partial charge >= 0.3 is 5.97 Å². The van der Waals surface area contributed by atoms with Crippen molar-refractivity contribution in [2.24, 2.45) is 0 Å². The molecule has 1 aromatic heterocycles. The van der Waals surface area contributed by atoms with E-state index in [-0.39, 0.29) is 5.91 Å². The first kappa shape index (κ1) is 21.8. The van der Waals surface area contributed by atoms with E-state index in [2.05, 4.69) is 31.1 Å². The number of halogens is 1. The molecule has 0 spiro atoms. The highest BCUT2D eigenvalue weighted by Crippen LogP contribution is 2.31. The van der Waals surface area contributed by atoms with Crippen molar-refractivity contribution in [3.63, 3.8) is 0 Å². The number of nitrogens with zero attached hydrogens (tertiary/aromatic N) is 3. The molecule has 3 rings (SSSR count). The van der Waals surface area contributed by atoms with Crippen LogP contribution in [0.2, 0.25) is 0 Å². The fourth-order valence-corrected chi connectivity index (χ4v) is 4.05. The molecule has 0 saturated carbocycles. The van der Waals surface area contributed by atoms with Crippen molar-refractivity contribution in [3.05, 3.63) is 34.4 Å². The SMILES string of the molecule is CN(C)CCNC(=O)CN1CCN([C@H](C(=O)O)c2c[nH]c3cc(Br)ccc23)CC1. The summed E-state index contributed by atoms with van der Waals surface area (Å²) in [6.07, 6.45) is 1.79. The summed E-state index contributed by atoms with van der Waals surface area (Å²) in [5, 5.41) is 13.8. The highest BCUT2D eigenvalue weighted by Gasteiger charge is 2.32. The predicted molar refractivity (Wildman–Crippen MR) is 116 cm³/mol. The number of hydrogen-bond donors (Lipinski definition) is 3. The lowest BCUT2D eigenvalue weighted by Crippen LogP contribution is -2.51. The molecule has 8 nitrogen and oxygen atoms in total. The highest BCUT2D eigenvalue weighted by molar-refractivity contribution is 9.10. The fourth-order valence-electron chi connectivity index (χ4n) is 3.69. The number of aromatic amines is 1. The Bertz CT molecular complexity index is 861. The fraction of sp³-hybridized carbons (Fsp3) is 0.500. The van der Waals surface area contributed by atoms with E-state index in [9.17, 15) is 14.7 Å². The summed E-state index contributed by atoms with van der Waals surface area (Å²) in [4.78, 5) is 33.4. The van der Waals surface area contributed by atoms with Crippen LogP contribution in [0.3, 0.4) is 0 Å². The maximum atomic E-state index is 12.1. The van der Waals surface area contributed by atoms with E-state index >= 15 is 0 Å². The van der Waals surface area contributed by atoms with Crippen LogP contribution < -0.4 is 5.32 Å². The number of rotatable bonds is 8. The molecule has 1 aliphatic heterocycles. The molecule has 9 heteroatoms. The van der Waals surface area contributed by atoms with Crippen molar-refractivity contribution in [2.45, 2.75) is 6.04 Å². The van der Waals surface area contributed by atoms with E-state index in [1.165, 1.54) is 0 Å². The maximum Gasteiger partial charge on any atom is 0.325 e. The minimum absolute atomic E-state index is 0.0114. The molecule has 0 aliphatic carbocycles. The van der Waals surface area contributed by atoms with E-state index in [1.807, 2.05) is 42.1 Å². The van der Waals surface area contributed by atoms with Crippen molar-refractivity contribution in [2.75, 3.05) is 59.9 Å². The van der Waals surface area contributed by atoms with Gasteiger partial charge in [0.2, 0.25) is 5.91 Å². The quantitative estimate of drug-likeness (QED) is 0.544. The number of carbonyl (C=O) groups is 2. The second-order valence-corrected chi connectivity index (χ2v) is 8.56. The molecule has 0 radical (unpaired) electrons. The number of amides is 1. The van der Waals surface area contributed by atoms with Gasteiger partial charge in [-0.2, -0.15) is 0 Å². The molecule has 0 unspecified atom stereocenters. The summed E-state index contributed by atoms with van der Waals surface area (Å²) < 4.78 is 0.947. The Morgan fingerprint density at radius 1 is 1.28 bits per heavy atom. The van der Waals surface area contributed by atoms with E-state index in [1.54, 1.807) is 6.20 Å². The summed E-state index contributed by atoms with van der Waals surface area (Å²) in [6, 6.07) is 5.10. The van der Waals surface area contributed by atoms with Gasteiger partial charge in [0.05, 0.1) is 6.54 Å². The van der Waals surface area contributed by atoms with E-state index in [0.29, 0.717) is 39.3 Å². The van der Waals surface area contributed by atoms with Crippen LogP contribution in [0.25, 0.3) is 10.9 Å². The lowest BCUT2D eigenvalue weighted by Gasteiger charge is -2.37. The van der Waals surface area contributed by atoms with Gasteiger partial charge in [-0.25, -0.2) is 0 Å². The molecular weight excluding hydrogens is 438 g/mol. The van der Waals surface area contributed by atoms with Crippen molar-refractivity contribution >= 4 is 38.7 Å². The van der Waals surface area contributed by atoms with Crippen LogP contribution in [0.1, 0.15) is 11.6 Å². The number of carboxylic acids is 1. The Hall–Kier alpha value is -1.94. The molecule has 1 aromatic carbocycles. The number of carboxylic acid groups (broad SMARTS) is 1. The Balaban J connectivity index is 1.60. The summed E-state index contributed by atoms with van der Waals surface area (Å²) >= 11 is 3.45. The third kappa shape index (κ3) is 5.57. The van der Waals surface area contributed by atoms with Gasteiger partial charge in [0.15, 0.2) is 0 Å². The number of likely N-dealkylation sites (N-methyl/N-ethyl adjacent to an activating group) is 1. The summed E-state index contributed by atoms with van der Waals surface area (Å²) in [5.41, 5.74) is 1.68. The van der Waals surface area contributed by atoms with Crippen molar-refractivity contribution in [1.29, 1.82) is 0 Å². The van der Waals surface area contributed by atoms with Gasteiger partial charge in [-0.05, 0) is 26.2 Å². The molecule has 2 aromatic rings. The van der Waals surface area contributed by atoms with Crippen LogP contribution in [0, 0.1) is 0 Å². The minimum atomic E-state index is -0.858. The van der Waals surface area contributed by atoms with Crippen molar-refractivity contribution in [3.8, 4) is 0 Å². The van der Waals surface area contributed by atoms with E-state index in [0.717, 1.165) is 27.5 Å². The third-order valence-corrected chi connectivity index (χ3v) is 5.72. The molecule has 1 saturated heterocycles. The maximum absolute atomic E-state index is 12.1. The van der Waals surface area contributed by atoms with Crippen LogP contribution in [0.4, 0.5) is 0 Å². The number of aliphatic carboxylic acids is 1.